The van der Waals surface area contributed by atoms with E-state index in [9.17, 15) is 0 Å². The maximum Gasteiger partial charge on any atom is 0.227 e. The van der Waals surface area contributed by atoms with E-state index in [1.165, 1.54) is 16.3 Å². The SMILES string of the molecule is c1ccc(-c2nc3c(ccc4cc(N(c5ccc6c(c5)oc5ccccc56)c5ccc6c(c5)c5ccccc5n6-c5ccccc5)ccc43)o2)cc1. The van der Waals surface area contributed by atoms with Gasteiger partial charge >= 0.3 is 0 Å². The Kier molecular flexibility index (Phi) is 6.18. The molecule has 0 N–H and O–H groups in total. The lowest BCUT2D eigenvalue weighted by Gasteiger charge is -2.26. The Morgan fingerprint density at radius 1 is 0.423 bits per heavy atom. The lowest BCUT2D eigenvalue weighted by atomic mass is 10.1. The molecule has 0 saturated heterocycles. The Hall–Kier alpha value is -7.11. The molecule has 0 atom stereocenters. The third-order valence-electron chi connectivity index (χ3n) is 10.2. The van der Waals surface area contributed by atoms with Gasteiger partial charge in [0.1, 0.15) is 16.7 Å². The first-order chi connectivity index (χ1) is 25.8. The average molecular weight is 668 g/mol. The number of benzene rings is 8. The van der Waals surface area contributed by atoms with Gasteiger partial charge in [0.2, 0.25) is 5.89 Å². The Labute approximate surface area is 298 Å². The van der Waals surface area contributed by atoms with Crippen LogP contribution in [0.4, 0.5) is 17.1 Å². The van der Waals surface area contributed by atoms with E-state index < -0.39 is 0 Å². The molecule has 5 nitrogen and oxygen atoms in total. The van der Waals surface area contributed by atoms with Crippen molar-refractivity contribution in [2.24, 2.45) is 0 Å². The topological polar surface area (TPSA) is 47.3 Å². The molecule has 0 radical (unpaired) electrons. The van der Waals surface area contributed by atoms with Gasteiger partial charge in [0.05, 0.1) is 11.0 Å². The number of rotatable bonds is 5. The number of aromatic nitrogens is 2. The zero-order valence-electron chi connectivity index (χ0n) is 27.9. The number of hydrogen-bond donors (Lipinski definition) is 0. The lowest BCUT2D eigenvalue weighted by Crippen LogP contribution is -2.10. The van der Waals surface area contributed by atoms with Crippen LogP contribution in [0.15, 0.2) is 185 Å². The Morgan fingerprint density at radius 3 is 1.94 bits per heavy atom. The summed E-state index contributed by atoms with van der Waals surface area (Å²) in [5.41, 5.74) is 10.9. The minimum Gasteiger partial charge on any atom is -0.456 e. The first-order valence-electron chi connectivity index (χ1n) is 17.5. The summed E-state index contributed by atoms with van der Waals surface area (Å²) in [6.07, 6.45) is 0. The van der Waals surface area contributed by atoms with Crippen LogP contribution in [-0.2, 0) is 0 Å². The second-order valence-corrected chi connectivity index (χ2v) is 13.2. The highest BCUT2D eigenvalue weighted by Crippen LogP contribution is 2.43. The molecule has 0 aliphatic rings. The van der Waals surface area contributed by atoms with Crippen molar-refractivity contribution in [1.29, 1.82) is 0 Å². The number of hydrogen-bond acceptors (Lipinski definition) is 4. The molecular weight excluding hydrogens is 639 g/mol. The van der Waals surface area contributed by atoms with Gasteiger partial charge in [-0.2, -0.15) is 0 Å². The first-order valence-corrected chi connectivity index (χ1v) is 17.5. The van der Waals surface area contributed by atoms with Crippen LogP contribution >= 0.6 is 0 Å². The van der Waals surface area contributed by atoms with Crippen LogP contribution in [0.1, 0.15) is 0 Å². The summed E-state index contributed by atoms with van der Waals surface area (Å²) in [7, 11) is 0. The summed E-state index contributed by atoms with van der Waals surface area (Å²) in [4.78, 5) is 7.27. The van der Waals surface area contributed by atoms with Crippen LogP contribution in [0.25, 0.3) is 82.8 Å². The van der Waals surface area contributed by atoms with Gasteiger partial charge < -0.3 is 18.3 Å². The molecule has 8 aromatic carbocycles. The van der Waals surface area contributed by atoms with E-state index in [2.05, 4.69) is 137 Å². The lowest BCUT2D eigenvalue weighted by molar-refractivity contribution is 0.620. The monoisotopic (exact) mass is 667 g/mol. The summed E-state index contributed by atoms with van der Waals surface area (Å²) in [6, 6.07) is 61.5. The van der Waals surface area contributed by atoms with E-state index in [1.54, 1.807) is 0 Å². The Morgan fingerprint density at radius 2 is 1.08 bits per heavy atom. The van der Waals surface area contributed by atoms with E-state index in [1.807, 2.05) is 48.5 Å². The van der Waals surface area contributed by atoms with Crippen LogP contribution < -0.4 is 4.90 Å². The largest absolute Gasteiger partial charge is 0.456 e. The fourth-order valence-corrected chi connectivity index (χ4v) is 7.81. The molecule has 0 aliphatic carbocycles. The van der Waals surface area contributed by atoms with Gasteiger partial charge in [0.15, 0.2) is 5.58 Å². The fraction of sp³-hybridized carbons (Fsp3) is 0. The smallest absolute Gasteiger partial charge is 0.227 e. The van der Waals surface area contributed by atoms with Crippen molar-refractivity contribution in [3.8, 4) is 17.1 Å². The second kappa shape index (κ2) is 11.2. The number of furan rings is 1. The van der Waals surface area contributed by atoms with Crippen LogP contribution in [0.2, 0.25) is 0 Å². The molecule has 0 saturated carbocycles. The van der Waals surface area contributed by atoms with Gasteiger partial charge in [0.25, 0.3) is 0 Å². The van der Waals surface area contributed by atoms with Gasteiger partial charge in [-0.15, -0.1) is 0 Å². The van der Waals surface area contributed by atoms with Crippen molar-refractivity contribution in [1.82, 2.24) is 9.55 Å². The normalized spacial score (nSPS) is 11.8. The molecule has 0 spiro atoms. The molecule has 11 rings (SSSR count). The maximum atomic E-state index is 6.40. The quantitative estimate of drug-likeness (QED) is 0.183. The number of para-hydroxylation sites is 3. The van der Waals surface area contributed by atoms with Gasteiger partial charge in [0, 0.05) is 61.3 Å². The Balaban J connectivity index is 1.13. The van der Waals surface area contributed by atoms with E-state index >= 15 is 0 Å². The summed E-state index contributed by atoms with van der Waals surface area (Å²) in [5.74, 6) is 0.621. The predicted octanol–water partition coefficient (Wildman–Crippen LogP) is 13.1. The summed E-state index contributed by atoms with van der Waals surface area (Å²) in [6.45, 7) is 0. The van der Waals surface area contributed by atoms with Crippen molar-refractivity contribution >= 4 is 82.7 Å². The van der Waals surface area contributed by atoms with Gasteiger partial charge in [-0.3, -0.25) is 0 Å². The van der Waals surface area contributed by atoms with E-state index in [-0.39, 0.29) is 0 Å². The van der Waals surface area contributed by atoms with Crippen LogP contribution in [0.3, 0.4) is 0 Å². The van der Waals surface area contributed by atoms with Crippen molar-refractivity contribution < 1.29 is 8.83 Å². The molecular formula is C47H29N3O2. The highest BCUT2D eigenvalue weighted by Gasteiger charge is 2.20. The minimum atomic E-state index is 0.621. The zero-order valence-corrected chi connectivity index (χ0v) is 27.9. The third-order valence-corrected chi connectivity index (χ3v) is 10.2. The van der Waals surface area contributed by atoms with Crippen molar-refractivity contribution in [2.45, 2.75) is 0 Å². The summed E-state index contributed by atoms with van der Waals surface area (Å²) in [5, 5.41) is 6.72. The average Bonchev–Trinajstić information content (AvgIpc) is 3.90. The van der Waals surface area contributed by atoms with Crippen molar-refractivity contribution in [3.63, 3.8) is 0 Å². The van der Waals surface area contributed by atoms with Crippen LogP contribution in [-0.4, -0.2) is 9.55 Å². The van der Waals surface area contributed by atoms with Gasteiger partial charge in [-0.05, 0) is 96.4 Å². The molecule has 3 aromatic heterocycles. The highest BCUT2D eigenvalue weighted by atomic mass is 16.3. The highest BCUT2D eigenvalue weighted by molar-refractivity contribution is 6.12. The minimum absolute atomic E-state index is 0.621. The molecule has 3 heterocycles. The summed E-state index contributed by atoms with van der Waals surface area (Å²) < 4.78 is 15.0. The summed E-state index contributed by atoms with van der Waals surface area (Å²) >= 11 is 0. The fourth-order valence-electron chi connectivity index (χ4n) is 7.81. The predicted molar refractivity (Wildman–Crippen MR) is 213 cm³/mol. The maximum absolute atomic E-state index is 6.40. The molecule has 5 heteroatoms. The van der Waals surface area contributed by atoms with Crippen LogP contribution in [0.5, 0.6) is 0 Å². The van der Waals surface area contributed by atoms with Crippen molar-refractivity contribution in [3.05, 3.63) is 176 Å². The molecule has 0 bridgehead atoms. The molecule has 11 aromatic rings. The number of oxazole rings is 1. The van der Waals surface area contributed by atoms with Gasteiger partial charge in [-0.1, -0.05) is 78.9 Å². The number of anilines is 3. The first kappa shape index (κ1) is 28.7. The zero-order chi connectivity index (χ0) is 34.2. The van der Waals surface area contributed by atoms with E-state index in [4.69, 9.17) is 13.8 Å². The molecule has 244 valence electrons. The standard InChI is InChI=1S/C47H29N3O2/c1-3-11-30(12-4-1)47-48-46-36-23-20-33(27-31(36)19-26-44(46)52-47)49(35-21-24-39-38-16-8-10-18-43(38)51-45(39)29-35)34-22-25-42-40(28-34)37-15-7-9-17-41(37)50(42)32-13-5-2-6-14-32/h1-29H. The molecule has 0 amide bonds. The number of nitrogens with zero attached hydrogens (tertiary/aromatic N) is 3. The Bertz CT molecular complexity index is 3140. The van der Waals surface area contributed by atoms with E-state index in [0.29, 0.717) is 5.89 Å². The van der Waals surface area contributed by atoms with E-state index in [0.717, 1.165) is 77.6 Å². The van der Waals surface area contributed by atoms with Gasteiger partial charge in [-0.25, -0.2) is 4.98 Å². The van der Waals surface area contributed by atoms with Crippen molar-refractivity contribution in [2.75, 3.05) is 4.90 Å². The molecule has 0 fully saturated rings. The second-order valence-electron chi connectivity index (χ2n) is 13.2. The molecule has 52 heavy (non-hydrogen) atoms. The number of fused-ring (bicyclic) bond motifs is 9. The van der Waals surface area contributed by atoms with Crippen LogP contribution in [0, 0.1) is 0 Å². The molecule has 0 aliphatic heterocycles. The molecule has 0 unspecified atom stereocenters. The third kappa shape index (κ3) is 4.39.